The fourth-order valence-electron chi connectivity index (χ4n) is 20.9. The van der Waals surface area contributed by atoms with Crippen molar-refractivity contribution >= 4 is 0 Å². The van der Waals surface area contributed by atoms with Crippen molar-refractivity contribution in [3.63, 3.8) is 0 Å². The second-order valence-electron chi connectivity index (χ2n) is 38.3. The van der Waals surface area contributed by atoms with Gasteiger partial charge < -0.3 is 9.47 Å². The average Bonchev–Trinajstić information content (AvgIpc) is 0.800. The van der Waals surface area contributed by atoms with Crippen molar-refractivity contribution in [3.05, 3.63) is 215 Å². The zero-order chi connectivity index (χ0) is 83.6. The molecule has 6 nitrogen and oxygen atoms in total. The lowest BCUT2D eigenvalue weighted by atomic mass is 9.74. The fraction of sp³-hybridized carbons (Fsp3) is 0.614. The minimum absolute atomic E-state index is 0.0854. The van der Waals surface area contributed by atoms with E-state index in [1.165, 1.54) is 362 Å². The van der Waals surface area contributed by atoms with Crippen molar-refractivity contribution in [1.82, 2.24) is 19.9 Å². The quantitative estimate of drug-likeness (QED) is 0.0354. The second-order valence-corrected chi connectivity index (χ2v) is 38.3. The van der Waals surface area contributed by atoms with Gasteiger partial charge in [-0.2, -0.15) is 0 Å². The highest BCUT2D eigenvalue weighted by atomic mass is 16.5. The Balaban J connectivity index is 0.000000235. The molecule has 0 bridgehead atoms. The summed E-state index contributed by atoms with van der Waals surface area (Å²) < 4.78 is 15.6. The first-order valence-electron chi connectivity index (χ1n) is 50.7. The number of hydrogen-bond acceptors (Lipinski definition) is 6. The molecule has 0 N–H and O–H groups in total. The Morgan fingerprint density at radius 3 is 0.592 bits per heavy atom. The zero-order valence-electron chi connectivity index (χ0n) is 77.1. The number of nitrogens with zero attached hydrogens (tertiary/aromatic N) is 4. The maximum Gasteiger partial charge on any atom is 0.0861 e. The number of pyridine rings is 4. The van der Waals surface area contributed by atoms with Crippen LogP contribution < -0.4 is 0 Å². The van der Waals surface area contributed by atoms with Gasteiger partial charge in [0.05, 0.1) is 47.2 Å². The van der Waals surface area contributed by atoms with Crippen molar-refractivity contribution in [2.45, 2.75) is 401 Å². The average molecular weight is 1620 g/mol. The fourth-order valence-corrected chi connectivity index (χ4v) is 20.9. The van der Waals surface area contributed by atoms with E-state index in [0.717, 1.165) is 72.1 Å². The topological polar surface area (TPSA) is 70.0 Å². The third-order valence-electron chi connectivity index (χ3n) is 28.9. The summed E-state index contributed by atoms with van der Waals surface area (Å²) in [6.45, 7) is 18.3. The van der Waals surface area contributed by atoms with Crippen LogP contribution >= 0.6 is 0 Å². The molecule has 4 saturated carbocycles. The minimum atomic E-state index is 0.0854. The van der Waals surface area contributed by atoms with Crippen molar-refractivity contribution < 1.29 is 9.47 Å². The highest BCUT2D eigenvalue weighted by molar-refractivity contribution is 5.62. The normalized spacial score (nSPS) is 20.5. The van der Waals surface area contributed by atoms with Crippen LogP contribution in [0.25, 0.3) is 45.0 Å². The summed E-state index contributed by atoms with van der Waals surface area (Å²) in [7, 11) is 0. The molecule has 8 aromatic rings. The van der Waals surface area contributed by atoms with Crippen LogP contribution in [-0.4, -0.2) is 19.9 Å². The molecule has 4 aliphatic carbocycles. The molecule has 0 radical (unpaired) electrons. The molecule has 0 spiro atoms. The summed E-state index contributed by atoms with van der Waals surface area (Å²) in [5.74, 6) is 5.66. The Morgan fingerprint density at radius 2 is 0.408 bits per heavy atom. The largest absolute Gasteiger partial charge is 0.365 e. The van der Waals surface area contributed by atoms with E-state index >= 15 is 0 Å². The Hall–Kier alpha value is -6.60. The van der Waals surface area contributed by atoms with Crippen LogP contribution in [0.15, 0.2) is 170 Å². The monoisotopic (exact) mass is 1620 g/mol. The van der Waals surface area contributed by atoms with Gasteiger partial charge in [0, 0.05) is 47.0 Å². The van der Waals surface area contributed by atoms with E-state index in [-0.39, 0.29) is 24.4 Å². The second kappa shape index (κ2) is 53.5. The third kappa shape index (κ3) is 30.4. The number of aryl methyl sites for hydroxylation is 4. The van der Waals surface area contributed by atoms with E-state index < -0.39 is 0 Å². The van der Waals surface area contributed by atoms with E-state index in [1.807, 2.05) is 0 Å². The van der Waals surface area contributed by atoms with Gasteiger partial charge in [0.15, 0.2) is 0 Å². The highest BCUT2D eigenvalue weighted by Crippen LogP contribution is 2.51. The Bertz CT molecular complexity index is 3690. The Kier molecular flexibility index (Phi) is 42.0. The van der Waals surface area contributed by atoms with Crippen molar-refractivity contribution in [2.75, 3.05) is 0 Å². The lowest BCUT2D eigenvalue weighted by molar-refractivity contribution is -0.0908. The molecule has 4 fully saturated rings. The lowest BCUT2D eigenvalue weighted by Gasteiger charge is -2.40. The van der Waals surface area contributed by atoms with Crippen LogP contribution in [0.4, 0.5) is 0 Å². The summed E-state index contributed by atoms with van der Waals surface area (Å²) in [6.07, 6.45) is 74.2. The number of rotatable bonds is 50. The van der Waals surface area contributed by atoms with E-state index in [2.05, 4.69) is 226 Å². The molecule has 4 aliphatic rings. The maximum atomic E-state index is 7.79. The van der Waals surface area contributed by atoms with Crippen LogP contribution in [-0.2, 0) is 35.2 Å². The maximum absolute atomic E-state index is 7.79. The summed E-state index contributed by atoms with van der Waals surface area (Å²) in [4.78, 5) is 19.6. The summed E-state index contributed by atoms with van der Waals surface area (Å²) in [5, 5.41) is 0. The first-order valence-corrected chi connectivity index (χ1v) is 50.7. The number of hydrogen-bond donors (Lipinski definition) is 0. The first-order chi connectivity index (χ1) is 59.2. The van der Waals surface area contributed by atoms with Crippen LogP contribution in [0.2, 0.25) is 0 Å². The molecule has 6 heteroatoms. The zero-order valence-corrected chi connectivity index (χ0v) is 77.1. The van der Waals surface area contributed by atoms with Crippen LogP contribution in [0.3, 0.4) is 0 Å². The number of benzene rings is 4. The molecule has 4 aromatic carbocycles. The number of aromatic nitrogens is 4. The van der Waals surface area contributed by atoms with Gasteiger partial charge in [-0.25, -0.2) is 0 Å². The molecule has 4 aromatic heterocycles. The van der Waals surface area contributed by atoms with Crippen molar-refractivity contribution in [2.24, 2.45) is 47.3 Å². The van der Waals surface area contributed by atoms with E-state index in [4.69, 9.17) is 29.4 Å². The van der Waals surface area contributed by atoms with Gasteiger partial charge >= 0.3 is 0 Å². The smallest absolute Gasteiger partial charge is 0.0861 e. The lowest BCUT2D eigenvalue weighted by Crippen LogP contribution is -2.28. The van der Waals surface area contributed by atoms with Gasteiger partial charge in [-0.05, 0) is 219 Å². The molecule has 12 rings (SSSR count). The van der Waals surface area contributed by atoms with Crippen LogP contribution in [0.1, 0.15) is 420 Å². The van der Waals surface area contributed by atoms with Gasteiger partial charge in [0.1, 0.15) is 0 Å². The van der Waals surface area contributed by atoms with Crippen molar-refractivity contribution in [1.29, 1.82) is 0 Å². The molecule has 4 heterocycles. The SMILES string of the molecule is CCCCCCC1CCC(C(OC(c2ccc(-c3ccc(CCCC)cn3)cc2)C2CCC(CCCCCC)CC2)c2ccc(-c3ccc(CCCC)cn3)cc2)CC1.CCCCCCCC1CCC(C(OC(c2ccc(-c3ccc(CCCC)cn3)cc2)C2CCC(CCCCCCC)CC2)c2ccc(-c3ccc(CCCC)cn3)cc2)CC1. The highest BCUT2D eigenvalue weighted by Gasteiger charge is 2.39. The molecular formula is C114H164N4O2. The molecule has 652 valence electrons. The Labute approximate surface area is 732 Å². The van der Waals surface area contributed by atoms with E-state index in [0.29, 0.717) is 23.7 Å². The third-order valence-corrected chi connectivity index (χ3v) is 28.9. The van der Waals surface area contributed by atoms with Gasteiger partial charge in [-0.3, -0.25) is 19.9 Å². The van der Waals surface area contributed by atoms with Gasteiger partial charge in [0.25, 0.3) is 0 Å². The molecule has 0 saturated heterocycles. The predicted octanol–water partition coefficient (Wildman–Crippen LogP) is 34.5. The number of ether oxygens (including phenoxy) is 2. The van der Waals surface area contributed by atoms with E-state index in [9.17, 15) is 0 Å². The van der Waals surface area contributed by atoms with Gasteiger partial charge in [-0.1, -0.05) is 395 Å². The molecule has 0 amide bonds. The molecule has 0 aliphatic heterocycles. The summed E-state index contributed by atoms with van der Waals surface area (Å²) in [6, 6.07) is 55.5. The Morgan fingerprint density at radius 1 is 0.217 bits per heavy atom. The van der Waals surface area contributed by atoms with Crippen LogP contribution in [0.5, 0.6) is 0 Å². The van der Waals surface area contributed by atoms with Gasteiger partial charge in [-0.15, -0.1) is 0 Å². The number of unbranched alkanes of at least 4 members (excludes halogenated alkanes) is 18. The standard InChI is InChI=1S/C58H84N2O.C56H80N2O/c1-5-9-13-15-17-21-45-23-29-51(30-24-45)57(53-37-33-49(34-38-53)55-41-27-47(43-59-55)19-11-7-3)61-58(52-31-25-46(26-32-52)22-18-16-14-10-6-2)54-39-35-50(36-40-54)56-42-28-48(44-60-56)20-12-8-4;1-5-9-13-15-19-43-21-27-49(28-22-43)55(51-35-31-47(32-36-51)53-39-25-45(41-57-53)17-11-7-3)59-56(50-29-23-44(24-30-50)20-16-14-10-6-2)52-37-33-48(34-38-52)54-40-26-46(42-58-54)18-12-8-4/h27-28,33-46,51-52,57-58H,5-26,29-32H2,1-4H3;25-26,31-44,49-50,55-56H,5-24,27-30H2,1-4H3. The summed E-state index contributed by atoms with van der Waals surface area (Å²) >= 11 is 0. The molecule has 120 heavy (non-hydrogen) atoms. The summed E-state index contributed by atoms with van der Waals surface area (Å²) in [5.41, 5.74) is 19.8. The van der Waals surface area contributed by atoms with Crippen molar-refractivity contribution in [3.8, 4) is 45.0 Å². The minimum Gasteiger partial charge on any atom is -0.365 e. The predicted molar refractivity (Wildman–Crippen MR) is 512 cm³/mol. The molecule has 4 atom stereocenters. The molecule has 4 unspecified atom stereocenters. The van der Waals surface area contributed by atoms with Gasteiger partial charge in [0.2, 0.25) is 0 Å². The van der Waals surface area contributed by atoms with Crippen LogP contribution in [0, 0.1) is 47.3 Å². The van der Waals surface area contributed by atoms with E-state index in [1.54, 1.807) is 0 Å². The first kappa shape index (κ1) is 94.1. The molecular weight excluding hydrogens is 1460 g/mol.